The molecule has 2 aromatic carbocycles. The van der Waals surface area contributed by atoms with Crippen molar-refractivity contribution in [2.75, 3.05) is 6.61 Å². The standard InChI is InChI=1S/C19H11ClO5/c20-14-5-3-12(4-6-14)19(23)24-9-1-2-13-11-25-17-10-15(21)7-8-16(17)18(13)22/h3-8,10-11,21H,9H2. The number of benzene rings is 2. The molecule has 0 saturated carbocycles. The summed E-state index contributed by atoms with van der Waals surface area (Å²) in [5.41, 5.74) is 0.444. The van der Waals surface area contributed by atoms with Crippen molar-refractivity contribution in [1.29, 1.82) is 0 Å². The number of carbonyl (C=O) groups is 1. The molecule has 6 heteroatoms. The van der Waals surface area contributed by atoms with Crippen molar-refractivity contribution in [2.24, 2.45) is 0 Å². The van der Waals surface area contributed by atoms with Gasteiger partial charge < -0.3 is 14.3 Å². The van der Waals surface area contributed by atoms with Gasteiger partial charge in [-0.05, 0) is 36.4 Å². The molecule has 0 atom stereocenters. The first-order chi connectivity index (χ1) is 12.0. The lowest BCUT2D eigenvalue weighted by atomic mass is 10.1. The van der Waals surface area contributed by atoms with Crippen LogP contribution in [0.5, 0.6) is 5.75 Å². The monoisotopic (exact) mass is 354 g/mol. The predicted molar refractivity (Wildman–Crippen MR) is 92.8 cm³/mol. The van der Waals surface area contributed by atoms with Crippen molar-refractivity contribution in [2.45, 2.75) is 0 Å². The second-order valence-corrected chi connectivity index (χ2v) is 5.48. The summed E-state index contributed by atoms with van der Waals surface area (Å²) in [6.07, 6.45) is 1.21. The van der Waals surface area contributed by atoms with Gasteiger partial charge in [0.25, 0.3) is 0 Å². The van der Waals surface area contributed by atoms with Gasteiger partial charge in [-0.2, -0.15) is 0 Å². The molecule has 1 heterocycles. The first kappa shape index (κ1) is 16.6. The number of rotatable bonds is 2. The maximum atomic E-state index is 12.3. The molecule has 0 aliphatic heterocycles. The van der Waals surface area contributed by atoms with E-state index in [1.807, 2.05) is 0 Å². The zero-order chi connectivity index (χ0) is 17.8. The Morgan fingerprint density at radius 2 is 1.96 bits per heavy atom. The molecular formula is C19H11ClO5. The minimum Gasteiger partial charge on any atom is -0.508 e. The molecule has 0 amide bonds. The molecule has 0 fully saturated rings. The average molecular weight is 355 g/mol. The highest BCUT2D eigenvalue weighted by Crippen LogP contribution is 2.17. The predicted octanol–water partition coefficient (Wildman–Crippen LogP) is 3.36. The molecule has 0 bridgehead atoms. The Morgan fingerprint density at radius 1 is 1.20 bits per heavy atom. The Morgan fingerprint density at radius 3 is 2.72 bits per heavy atom. The molecular weight excluding hydrogens is 344 g/mol. The van der Waals surface area contributed by atoms with Gasteiger partial charge in [0, 0.05) is 11.1 Å². The van der Waals surface area contributed by atoms with Crippen molar-refractivity contribution in [3.63, 3.8) is 0 Å². The van der Waals surface area contributed by atoms with Gasteiger partial charge in [0.15, 0.2) is 6.61 Å². The van der Waals surface area contributed by atoms with E-state index in [-0.39, 0.29) is 28.9 Å². The van der Waals surface area contributed by atoms with Crippen LogP contribution >= 0.6 is 11.6 Å². The minimum atomic E-state index is -0.535. The van der Waals surface area contributed by atoms with E-state index in [9.17, 15) is 14.7 Å². The molecule has 3 rings (SSSR count). The number of carbonyl (C=O) groups excluding carboxylic acids is 1. The Bertz CT molecular complexity index is 1060. The van der Waals surface area contributed by atoms with E-state index in [2.05, 4.69) is 11.8 Å². The van der Waals surface area contributed by atoms with Gasteiger partial charge in [0.2, 0.25) is 5.43 Å². The van der Waals surface area contributed by atoms with Crippen LogP contribution in [0.25, 0.3) is 11.0 Å². The molecule has 1 N–H and O–H groups in total. The number of phenolic OH excluding ortho intramolecular Hbond substituents is 1. The summed E-state index contributed by atoms with van der Waals surface area (Å²) in [4.78, 5) is 24.1. The minimum absolute atomic E-state index is 0.00333. The van der Waals surface area contributed by atoms with Crippen LogP contribution in [0.15, 0.2) is 57.9 Å². The molecule has 5 nitrogen and oxygen atoms in total. The summed E-state index contributed by atoms with van der Waals surface area (Å²) in [5, 5.41) is 10.2. The van der Waals surface area contributed by atoms with Crippen molar-refractivity contribution < 1.29 is 19.1 Å². The molecule has 0 spiro atoms. The summed E-state index contributed by atoms with van der Waals surface area (Å²) >= 11 is 5.75. The zero-order valence-corrected chi connectivity index (χ0v) is 13.5. The maximum Gasteiger partial charge on any atom is 0.339 e. The van der Waals surface area contributed by atoms with E-state index < -0.39 is 5.97 Å². The van der Waals surface area contributed by atoms with Crippen molar-refractivity contribution in [3.05, 3.63) is 75.1 Å². The van der Waals surface area contributed by atoms with Crippen LogP contribution < -0.4 is 5.43 Å². The highest BCUT2D eigenvalue weighted by Gasteiger charge is 2.07. The van der Waals surface area contributed by atoms with Crippen LogP contribution in [0.4, 0.5) is 0 Å². The Balaban J connectivity index is 1.71. The third-order valence-electron chi connectivity index (χ3n) is 3.34. The molecule has 0 saturated heterocycles. The second-order valence-electron chi connectivity index (χ2n) is 5.04. The fourth-order valence-electron chi connectivity index (χ4n) is 2.11. The summed E-state index contributed by atoms with van der Waals surface area (Å²) in [5.74, 6) is 4.69. The van der Waals surface area contributed by atoms with Gasteiger partial charge in [-0.25, -0.2) is 4.79 Å². The van der Waals surface area contributed by atoms with Gasteiger partial charge in [-0.3, -0.25) is 4.79 Å². The highest BCUT2D eigenvalue weighted by molar-refractivity contribution is 6.30. The number of ether oxygens (including phenoxy) is 1. The highest BCUT2D eigenvalue weighted by atomic mass is 35.5. The van der Waals surface area contributed by atoms with E-state index in [1.165, 1.54) is 24.5 Å². The van der Waals surface area contributed by atoms with Gasteiger partial charge in [-0.1, -0.05) is 23.4 Å². The third-order valence-corrected chi connectivity index (χ3v) is 3.59. The molecule has 0 aliphatic rings. The number of hydrogen-bond acceptors (Lipinski definition) is 5. The summed E-state index contributed by atoms with van der Waals surface area (Å²) < 4.78 is 10.3. The lowest BCUT2D eigenvalue weighted by molar-refractivity contribution is 0.0556. The van der Waals surface area contributed by atoms with Crippen LogP contribution in [0.1, 0.15) is 15.9 Å². The smallest absolute Gasteiger partial charge is 0.339 e. The lowest BCUT2D eigenvalue weighted by Crippen LogP contribution is -2.07. The number of aromatic hydroxyl groups is 1. The van der Waals surface area contributed by atoms with Gasteiger partial charge >= 0.3 is 5.97 Å². The van der Waals surface area contributed by atoms with E-state index in [1.54, 1.807) is 24.3 Å². The Hall–Kier alpha value is -3.23. The fourth-order valence-corrected chi connectivity index (χ4v) is 2.23. The normalized spacial score (nSPS) is 10.1. The SMILES string of the molecule is O=C(OCC#Cc1coc2cc(O)ccc2c1=O)c1ccc(Cl)cc1. The molecule has 3 aromatic rings. The summed E-state index contributed by atoms with van der Waals surface area (Å²) in [6, 6.07) is 10.5. The second kappa shape index (κ2) is 7.12. The van der Waals surface area contributed by atoms with Gasteiger partial charge in [0.1, 0.15) is 23.2 Å². The molecule has 25 heavy (non-hydrogen) atoms. The van der Waals surface area contributed by atoms with Gasteiger partial charge in [0.05, 0.1) is 10.9 Å². The lowest BCUT2D eigenvalue weighted by Gasteiger charge is -2.00. The van der Waals surface area contributed by atoms with Gasteiger partial charge in [-0.15, -0.1) is 0 Å². The van der Waals surface area contributed by atoms with Crippen LogP contribution in [0.3, 0.4) is 0 Å². The number of esters is 1. The molecule has 124 valence electrons. The van der Waals surface area contributed by atoms with Crippen molar-refractivity contribution in [1.82, 2.24) is 0 Å². The van der Waals surface area contributed by atoms with E-state index in [0.29, 0.717) is 16.0 Å². The van der Waals surface area contributed by atoms with Crippen LogP contribution in [-0.4, -0.2) is 17.7 Å². The number of fused-ring (bicyclic) bond motifs is 1. The maximum absolute atomic E-state index is 12.3. The van der Waals surface area contributed by atoms with E-state index >= 15 is 0 Å². The molecule has 0 radical (unpaired) electrons. The summed E-state index contributed by atoms with van der Waals surface area (Å²) in [6.45, 7) is -0.172. The first-order valence-corrected chi connectivity index (χ1v) is 7.58. The van der Waals surface area contributed by atoms with Crippen molar-refractivity contribution >= 4 is 28.5 Å². The topological polar surface area (TPSA) is 76.7 Å². The molecule has 0 aliphatic carbocycles. The van der Waals surface area contributed by atoms with E-state index in [0.717, 1.165) is 0 Å². The zero-order valence-electron chi connectivity index (χ0n) is 12.8. The van der Waals surface area contributed by atoms with Crippen molar-refractivity contribution in [3.8, 4) is 17.6 Å². The van der Waals surface area contributed by atoms with Crippen LogP contribution in [0, 0.1) is 11.8 Å². The quantitative estimate of drug-likeness (QED) is 0.564. The summed E-state index contributed by atoms with van der Waals surface area (Å²) in [7, 11) is 0. The Labute approximate surface area is 147 Å². The van der Waals surface area contributed by atoms with E-state index in [4.69, 9.17) is 20.8 Å². The number of hydrogen-bond donors (Lipinski definition) is 1. The third kappa shape index (κ3) is 3.82. The molecule has 1 aromatic heterocycles. The first-order valence-electron chi connectivity index (χ1n) is 7.21. The number of halogens is 1. The fraction of sp³-hybridized carbons (Fsp3) is 0.0526. The van der Waals surface area contributed by atoms with Crippen LogP contribution in [0.2, 0.25) is 5.02 Å². The Kier molecular flexibility index (Phi) is 4.73. The average Bonchev–Trinajstić information content (AvgIpc) is 2.60. The largest absolute Gasteiger partial charge is 0.508 e. The number of phenols is 1. The van der Waals surface area contributed by atoms with Crippen LogP contribution in [-0.2, 0) is 4.74 Å². The molecule has 0 unspecified atom stereocenters.